The van der Waals surface area contributed by atoms with Gasteiger partial charge < -0.3 is 9.84 Å². The van der Waals surface area contributed by atoms with E-state index in [2.05, 4.69) is 6.07 Å². The number of aliphatic hydroxyl groups is 1. The Morgan fingerprint density at radius 1 is 1.19 bits per heavy atom. The predicted molar refractivity (Wildman–Crippen MR) is 81.9 cm³/mol. The van der Waals surface area contributed by atoms with Gasteiger partial charge >= 0.3 is 0 Å². The van der Waals surface area contributed by atoms with Crippen LogP contribution in [0.5, 0.6) is 5.75 Å². The minimum Gasteiger partial charge on any atom is -0.489 e. The lowest BCUT2D eigenvalue weighted by molar-refractivity contribution is 0.173. The number of hydrogen-bond acceptors (Lipinski definition) is 3. The maximum absolute atomic E-state index is 9.75. The summed E-state index contributed by atoms with van der Waals surface area (Å²) in [5, 5.41) is 18.6. The molecule has 0 saturated carbocycles. The average molecular weight is 281 g/mol. The Morgan fingerprint density at radius 2 is 1.90 bits per heavy atom. The molecule has 0 fully saturated rings. The van der Waals surface area contributed by atoms with Gasteiger partial charge in [-0.05, 0) is 54.3 Å². The first-order chi connectivity index (χ1) is 10.1. The minimum absolute atomic E-state index is 0.417. The highest BCUT2D eigenvalue weighted by molar-refractivity contribution is 5.37. The van der Waals surface area contributed by atoms with Crippen LogP contribution in [0.3, 0.4) is 0 Å². The Kier molecular flexibility index (Phi) is 4.97. The molecule has 0 amide bonds. The third kappa shape index (κ3) is 3.84. The van der Waals surface area contributed by atoms with Crippen molar-refractivity contribution in [3.63, 3.8) is 0 Å². The SMILES string of the molecule is CC[C@H](O)c1ccc(OCc2ccc(C#N)cc2C)cc1. The maximum atomic E-state index is 9.75. The summed E-state index contributed by atoms with van der Waals surface area (Å²) in [4.78, 5) is 0. The zero-order chi connectivity index (χ0) is 15.2. The normalized spacial score (nSPS) is 11.7. The molecule has 3 nitrogen and oxygen atoms in total. The Bertz CT molecular complexity index is 641. The lowest BCUT2D eigenvalue weighted by atomic mass is 10.1. The van der Waals surface area contributed by atoms with Crippen LogP contribution >= 0.6 is 0 Å². The van der Waals surface area contributed by atoms with Gasteiger partial charge in [-0.1, -0.05) is 25.1 Å². The molecule has 0 aliphatic rings. The van der Waals surface area contributed by atoms with Crippen LogP contribution in [0.25, 0.3) is 0 Å². The highest BCUT2D eigenvalue weighted by atomic mass is 16.5. The molecular formula is C18H19NO2. The quantitative estimate of drug-likeness (QED) is 0.904. The molecule has 0 unspecified atom stereocenters. The first kappa shape index (κ1) is 15.1. The molecule has 0 aliphatic carbocycles. The molecule has 0 bridgehead atoms. The topological polar surface area (TPSA) is 53.2 Å². The third-order valence-corrected chi connectivity index (χ3v) is 3.52. The fourth-order valence-electron chi connectivity index (χ4n) is 2.11. The molecule has 2 rings (SSSR count). The van der Waals surface area contributed by atoms with E-state index in [0.29, 0.717) is 18.6 Å². The van der Waals surface area contributed by atoms with Gasteiger partial charge in [0.25, 0.3) is 0 Å². The fraction of sp³-hybridized carbons (Fsp3) is 0.278. The molecule has 1 atom stereocenters. The van der Waals surface area contributed by atoms with Gasteiger partial charge in [0.2, 0.25) is 0 Å². The van der Waals surface area contributed by atoms with E-state index in [1.165, 1.54) is 0 Å². The number of nitrogens with zero attached hydrogens (tertiary/aromatic N) is 1. The Morgan fingerprint density at radius 3 is 2.48 bits per heavy atom. The first-order valence-corrected chi connectivity index (χ1v) is 7.04. The fourth-order valence-corrected chi connectivity index (χ4v) is 2.11. The highest BCUT2D eigenvalue weighted by Crippen LogP contribution is 2.21. The zero-order valence-corrected chi connectivity index (χ0v) is 12.3. The van der Waals surface area contributed by atoms with E-state index in [4.69, 9.17) is 10.00 Å². The Balaban J connectivity index is 2.02. The molecule has 0 spiro atoms. The van der Waals surface area contributed by atoms with E-state index in [9.17, 15) is 5.11 Å². The van der Waals surface area contributed by atoms with Crippen molar-refractivity contribution in [2.45, 2.75) is 33.0 Å². The lowest BCUT2D eigenvalue weighted by Crippen LogP contribution is -1.99. The summed E-state index contributed by atoms with van der Waals surface area (Å²) in [6.07, 6.45) is 0.282. The van der Waals surface area contributed by atoms with Crippen LogP contribution in [0.2, 0.25) is 0 Å². The van der Waals surface area contributed by atoms with Crippen molar-refractivity contribution in [3.8, 4) is 11.8 Å². The van der Waals surface area contributed by atoms with Gasteiger partial charge in [0.15, 0.2) is 0 Å². The number of aliphatic hydroxyl groups excluding tert-OH is 1. The van der Waals surface area contributed by atoms with Crippen molar-refractivity contribution in [2.24, 2.45) is 0 Å². The molecule has 0 aromatic heterocycles. The number of rotatable bonds is 5. The van der Waals surface area contributed by atoms with Crippen LogP contribution in [-0.2, 0) is 6.61 Å². The predicted octanol–water partition coefficient (Wildman–Crippen LogP) is 3.89. The largest absolute Gasteiger partial charge is 0.489 e. The second-order valence-electron chi connectivity index (χ2n) is 5.03. The monoisotopic (exact) mass is 281 g/mol. The van der Waals surface area contributed by atoms with E-state index in [-0.39, 0.29) is 0 Å². The van der Waals surface area contributed by atoms with Crippen molar-refractivity contribution in [1.29, 1.82) is 5.26 Å². The third-order valence-electron chi connectivity index (χ3n) is 3.52. The molecule has 2 aromatic carbocycles. The van der Waals surface area contributed by atoms with Crippen LogP contribution in [-0.4, -0.2) is 5.11 Å². The van der Waals surface area contributed by atoms with Crippen molar-refractivity contribution in [2.75, 3.05) is 0 Å². The average Bonchev–Trinajstić information content (AvgIpc) is 2.53. The first-order valence-electron chi connectivity index (χ1n) is 7.04. The van der Waals surface area contributed by atoms with Crippen LogP contribution in [0.1, 0.15) is 41.7 Å². The zero-order valence-electron chi connectivity index (χ0n) is 12.3. The Hall–Kier alpha value is -2.31. The van der Waals surface area contributed by atoms with Gasteiger partial charge in [0.1, 0.15) is 12.4 Å². The second kappa shape index (κ2) is 6.92. The van der Waals surface area contributed by atoms with E-state index >= 15 is 0 Å². The van der Waals surface area contributed by atoms with E-state index in [1.807, 2.05) is 50.2 Å². The molecular weight excluding hydrogens is 262 g/mol. The number of hydrogen-bond donors (Lipinski definition) is 1. The number of ether oxygens (including phenoxy) is 1. The van der Waals surface area contributed by atoms with Crippen molar-refractivity contribution in [1.82, 2.24) is 0 Å². The summed E-state index contributed by atoms with van der Waals surface area (Å²) in [6.45, 7) is 4.39. The number of aryl methyl sites for hydroxylation is 1. The molecule has 0 aliphatic heterocycles. The summed E-state index contributed by atoms with van der Waals surface area (Å²) >= 11 is 0. The van der Waals surface area contributed by atoms with Crippen molar-refractivity contribution in [3.05, 3.63) is 64.7 Å². The highest BCUT2D eigenvalue weighted by Gasteiger charge is 2.05. The Labute approximate surface area is 125 Å². The van der Waals surface area contributed by atoms with Gasteiger partial charge in [0, 0.05) is 0 Å². The smallest absolute Gasteiger partial charge is 0.119 e. The molecule has 2 aromatic rings. The molecule has 0 radical (unpaired) electrons. The van der Waals surface area contributed by atoms with E-state index < -0.39 is 6.10 Å². The minimum atomic E-state index is -0.417. The van der Waals surface area contributed by atoms with E-state index in [0.717, 1.165) is 22.4 Å². The molecule has 0 saturated heterocycles. The van der Waals surface area contributed by atoms with Crippen LogP contribution in [0, 0.1) is 18.3 Å². The van der Waals surface area contributed by atoms with E-state index in [1.54, 1.807) is 6.07 Å². The van der Waals surface area contributed by atoms with Crippen LogP contribution in [0.15, 0.2) is 42.5 Å². The maximum Gasteiger partial charge on any atom is 0.119 e. The summed E-state index contributed by atoms with van der Waals surface area (Å²) < 4.78 is 5.75. The van der Waals surface area contributed by atoms with Gasteiger partial charge in [-0.15, -0.1) is 0 Å². The molecule has 108 valence electrons. The summed E-state index contributed by atoms with van der Waals surface area (Å²) in [5.41, 5.74) is 3.67. The van der Waals surface area contributed by atoms with Gasteiger partial charge in [-0.2, -0.15) is 5.26 Å². The number of benzene rings is 2. The van der Waals surface area contributed by atoms with Crippen LogP contribution in [0.4, 0.5) is 0 Å². The number of nitriles is 1. The van der Waals surface area contributed by atoms with Crippen LogP contribution < -0.4 is 4.74 Å². The van der Waals surface area contributed by atoms with Gasteiger partial charge in [0.05, 0.1) is 17.7 Å². The van der Waals surface area contributed by atoms with Crippen molar-refractivity contribution >= 4 is 0 Å². The summed E-state index contributed by atoms with van der Waals surface area (Å²) in [5.74, 6) is 0.769. The summed E-state index contributed by atoms with van der Waals surface area (Å²) in [6, 6.07) is 15.2. The lowest BCUT2D eigenvalue weighted by Gasteiger charge is -2.11. The molecule has 1 N–H and O–H groups in total. The molecule has 21 heavy (non-hydrogen) atoms. The summed E-state index contributed by atoms with van der Waals surface area (Å²) in [7, 11) is 0. The molecule has 3 heteroatoms. The standard InChI is InChI=1S/C18H19NO2/c1-3-18(20)15-6-8-17(9-7-15)21-12-16-5-4-14(11-19)10-13(16)2/h4-10,18,20H,3,12H2,1-2H3/t18-/m0/s1. The molecule has 0 heterocycles. The van der Waals surface area contributed by atoms with Crippen molar-refractivity contribution < 1.29 is 9.84 Å². The van der Waals surface area contributed by atoms with Gasteiger partial charge in [-0.3, -0.25) is 0 Å². The second-order valence-corrected chi connectivity index (χ2v) is 5.03. The van der Waals surface area contributed by atoms with Gasteiger partial charge in [-0.25, -0.2) is 0 Å².